The maximum Gasteiger partial charge on any atom is 0.282 e. The van der Waals surface area contributed by atoms with Crippen molar-refractivity contribution in [1.29, 1.82) is 0 Å². The zero-order valence-electron chi connectivity index (χ0n) is 17.1. The van der Waals surface area contributed by atoms with Gasteiger partial charge in [-0.1, -0.05) is 35.9 Å². The lowest BCUT2D eigenvalue weighted by atomic mass is 10.1. The molecular weight excluding hydrogens is 376 g/mol. The van der Waals surface area contributed by atoms with Crippen LogP contribution in [-0.2, 0) is 4.79 Å². The minimum absolute atomic E-state index is 0.174. The molecule has 0 saturated heterocycles. The number of rotatable bonds is 5. The van der Waals surface area contributed by atoms with Crippen LogP contribution in [0.5, 0.6) is 11.5 Å². The molecule has 0 N–H and O–H groups in total. The van der Waals surface area contributed by atoms with E-state index in [4.69, 9.17) is 14.5 Å². The molecule has 1 aliphatic rings. The summed E-state index contributed by atoms with van der Waals surface area (Å²) in [5.41, 5.74) is 3.98. The first-order valence-electron chi connectivity index (χ1n) is 9.59. The van der Waals surface area contributed by atoms with E-state index in [-0.39, 0.29) is 5.91 Å². The number of nitrogens with zero attached hydrogens (tertiary/aromatic N) is 2. The van der Waals surface area contributed by atoms with Gasteiger partial charge < -0.3 is 9.47 Å². The summed E-state index contributed by atoms with van der Waals surface area (Å²) < 4.78 is 10.5. The summed E-state index contributed by atoms with van der Waals surface area (Å²) in [7, 11) is 3.24. The Morgan fingerprint density at radius 1 is 0.867 bits per heavy atom. The van der Waals surface area contributed by atoms with Gasteiger partial charge in [-0.05, 0) is 61.0 Å². The Balaban J connectivity index is 1.78. The fourth-order valence-corrected chi connectivity index (χ4v) is 3.32. The third kappa shape index (κ3) is 3.82. The number of hydrogen-bond donors (Lipinski definition) is 0. The SMILES string of the molecule is COc1ccc(/C=C2/N=C(c3cccc(C)c3)N(c3ccc(OC)cc3)C2=O)cc1. The molecule has 0 atom stereocenters. The number of ether oxygens (including phenoxy) is 2. The minimum Gasteiger partial charge on any atom is -0.497 e. The summed E-state index contributed by atoms with van der Waals surface area (Å²) in [5, 5.41) is 0. The van der Waals surface area contributed by atoms with Crippen LogP contribution in [0.4, 0.5) is 5.69 Å². The second-order valence-corrected chi connectivity index (χ2v) is 6.95. The molecule has 3 aromatic rings. The quantitative estimate of drug-likeness (QED) is 0.578. The molecule has 4 rings (SSSR count). The van der Waals surface area contributed by atoms with E-state index in [2.05, 4.69) is 0 Å². The molecule has 0 radical (unpaired) electrons. The van der Waals surface area contributed by atoms with E-state index >= 15 is 0 Å². The smallest absolute Gasteiger partial charge is 0.282 e. The van der Waals surface area contributed by atoms with E-state index in [1.54, 1.807) is 25.2 Å². The van der Waals surface area contributed by atoms with Gasteiger partial charge in [-0.3, -0.25) is 9.69 Å². The van der Waals surface area contributed by atoms with Gasteiger partial charge in [0.2, 0.25) is 0 Å². The normalized spacial score (nSPS) is 14.8. The molecular formula is C25H22N2O3. The number of hydrogen-bond acceptors (Lipinski definition) is 4. The van der Waals surface area contributed by atoms with E-state index in [0.29, 0.717) is 11.5 Å². The first kappa shape index (κ1) is 19.5. The number of methoxy groups -OCH3 is 2. The molecule has 150 valence electrons. The van der Waals surface area contributed by atoms with Crippen LogP contribution in [0, 0.1) is 6.92 Å². The van der Waals surface area contributed by atoms with Gasteiger partial charge >= 0.3 is 0 Å². The van der Waals surface area contributed by atoms with Crippen molar-refractivity contribution in [1.82, 2.24) is 0 Å². The van der Waals surface area contributed by atoms with Gasteiger partial charge in [0, 0.05) is 5.56 Å². The molecule has 0 bridgehead atoms. The molecule has 0 unspecified atom stereocenters. The zero-order chi connectivity index (χ0) is 21.1. The number of benzene rings is 3. The summed E-state index contributed by atoms with van der Waals surface area (Å²) in [6.45, 7) is 2.02. The van der Waals surface area contributed by atoms with Crippen molar-refractivity contribution in [3.63, 3.8) is 0 Å². The van der Waals surface area contributed by atoms with Crippen molar-refractivity contribution in [3.05, 3.63) is 95.2 Å². The summed E-state index contributed by atoms with van der Waals surface area (Å²) in [4.78, 5) is 19.7. The number of amides is 1. The van der Waals surface area contributed by atoms with Crippen LogP contribution >= 0.6 is 0 Å². The largest absolute Gasteiger partial charge is 0.497 e. The van der Waals surface area contributed by atoms with Gasteiger partial charge in [0.15, 0.2) is 0 Å². The molecule has 5 heteroatoms. The van der Waals surface area contributed by atoms with Crippen LogP contribution in [0.15, 0.2) is 83.5 Å². The molecule has 0 saturated carbocycles. The van der Waals surface area contributed by atoms with Gasteiger partial charge in [-0.25, -0.2) is 4.99 Å². The van der Waals surface area contributed by atoms with Crippen LogP contribution in [0.2, 0.25) is 0 Å². The first-order valence-corrected chi connectivity index (χ1v) is 9.59. The van der Waals surface area contributed by atoms with Gasteiger partial charge in [-0.2, -0.15) is 0 Å². The van der Waals surface area contributed by atoms with Crippen LogP contribution in [0.25, 0.3) is 6.08 Å². The number of anilines is 1. The molecule has 0 spiro atoms. The fraction of sp³-hybridized carbons (Fsp3) is 0.120. The number of carbonyl (C=O) groups is 1. The standard InChI is InChI=1S/C25H22N2O3/c1-17-5-4-6-19(15-17)24-26-23(16-18-7-11-21(29-2)12-8-18)25(28)27(24)20-9-13-22(30-3)14-10-20/h4-16H,1-3H3/b23-16+. The van der Waals surface area contributed by atoms with E-state index in [1.807, 2.05) is 79.7 Å². The summed E-state index contributed by atoms with van der Waals surface area (Å²) in [6, 6.07) is 22.9. The number of carbonyl (C=O) groups excluding carboxylic acids is 1. The molecule has 30 heavy (non-hydrogen) atoms. The average Bonchev–Trinajstić information content (AvgIpc) is 3.10. The summed E-state index contributed by atoms with van der Waals surface area (Å²) in [5.74, 6) is 1.92. The van der Waals surface area contributed by atoms with Crippen molar-refractivity contribution in [3.8, 4) is 11.5 Å². The predicted octanol–water partition coefficient (Wildman–Crippen LogP) is 4.85. The number of aliphatic imine (C=N–C) groups is 1. The maximum atomic E-state index is 13.3. The van der Waals surface area contributed by atoms with Crippen LogP contribution in [0.1, 0.15) is 16.7 Å². The Morgan fingerprint density at radius 2 is 1.50 bits per heavy atom. The topological polar surface area (TPSA) is 51.1 Å². The zero-order valence-corrected chi connectivity index (χ0v) is 17.1. The van der Waals surface area contributed by atoms with Crippen molar-refractivity contribution < 1.29 is 14.3 Å². The van der Waals surface area contributed by atoms with Crippen molar-refractivity contribution >= 4 is 23.5 Å². The number of aryl methyl sites for hydroxylation is 1. The van der Waals surface area contributed by atoms with E-state index in [9.17, 15) is 4.79 Å². The third-order valence-corrected chi connectivity index (χ3v) is 4.89. The highest BCUT2D eigenvalue weighted by atomic mass is 16.5. The molecule has 3 aromatic carbocycles. The minimum atomic E-state index is -0.174. The van der Waals surface area contributed by atoms with Gasteiger partial charge in [0.05, 0.1) is 19.9 Å². The lowest BCUT2D eigenvalue weighted by Crippen LogP contribution is -2.32. The maximum absolute atomic E-state index is 13.3. The second-order valence-electron chi connectivity index (χ2n) is 6.95. The highest BCUT2D eigenvalue weighted by molar-refractivity contribution is 6.33. The molecule has 1 heterocycles. The monoisotopic (exact) mass is 398 g/mol. The van der Waals surface area contributed by atoms with Crippen molar-refractivity contribution in [2.75, 3.05) is 19.1 Å². The summed E-state index contributed by atoms with van der Waals surface area (Å²) >= 11 is 0. The van der Waals surface area contributed by atoms with Crippen LogP contribution in [-0.4, -0.2) is 26.0 Å². The Kier molecular flexibility index (Phi) is 5.35. The Labute approximate surface area is 175 Å². The Bertz CT molecular complexity index is 1130. The third-order valence-electron chi connectivity index (χ3n) is 4.89. The fourth-order valence-electron chi connectivity index (χ4n) is 3.32. The lowest BCUT2D eigenvalue weighted by Gasteiger charge is -2.19. The van der Waals surface area contributed by atoms with Crippen LogP contribution < -0.4 is 14.4 Å². The second kappa shape index (κ2) is 8.25. The van der Waals surface area contributed by atoms with E-state index in [0.717, 1.165) is 33.9 Å². The number of amidine groups is 1. The Hall–Kier alpha value is -3.86. The van der Waals surface area contributed by atoms with Gasteiger partial charge in [0.1, 0.15) is 23.0 Å². The highest BCUT2D eigenvalue weighted by Crippen LogP contribution is 2.29. The average molecular weight is 398 g/mol. The molecule has 0 aromatic heterocycles. The molecule has 0 aliphatic carbocycles. The molecule has 0 fully saturated rings. The van der Waals surface area contributed by atoms with E-state index < -0.39 is 0 Å². The van der Waals surface area contributed by atoms with Crippen LogP contribution in [0.3, 0.4) is 0 Å². The predicted molar refractivity (Wildman–Crippen MR) is 119 cm³/mol. The van der Waals surface area contributed by atoms with Crippen molar-refractivity contribution in [2.24, 2.45) is 4.99 Å². The highest BCUT2D eigenvalue weighted by Gasteiger charge is 2.32. The lowest BCUT2D eigenvalue weighted by molar-refractivity contribution is -0.113. The van der Waals surface area contributed by atoms with Crippen molar-refractivity contribution in [2.45, 2.75) is 6.92 Å². The van der Waals surface area contributed by atoms with Gasteiger partial charge in [0.25, 0.3) is 5.91 Å². The molecule has 5 nitrogen and oxygen atoms in total. The van der Waals surface area contributed by atoms with Gasteiger partial charge in [-0.15, -0.1) is 0 Å². The summed E-state index contributed by atoms with van der Waals surface area (Å²) in [6.07, 6.45) is 1.79. The Morgan fingerprint density at radius 3 is 2.10 bits per heavy atom. The molecule has 1 amide bonds. The molecule has 1 aliphatic heterocycles. The van der Waals surface area contributed by atoms with E-state index in [1.165, 1.54) is 0 Å². The first-order chi connectivity index (χ1) is 14.6.